The summed E-state index contributed by atoms with van der Waals surface area (Å²) in [4.78, 5) is 36.1. The molecule has 27 heavy (non-hydrogen) atoms. The van der Waals surface area contributed by atoms with Gasteiger partial charge in [-0.3, -0.25) is 4.79 Å². The highest BCUT2D eigenvalue weighted by Crippen LogP contribution is 2.10. The second kappa shape index (κ2) is 9.96. The SMILES string of the molecule is COC(=O)C(CCC(=O)c1ccccc1)NC(=O)OCc1cccc(N)c1. The van der Waals surface area contributed by atoms with Crippen LogP contribution in [0.25, 0.3) is 0 Å². The summed E-state index contributed by atoms with van der Waals surface area (Å²) in [6, 6.07) is 14.7. The van der Waals surface area contributed by atoms with E-state index in [1.807, 2.05) is 6.07 Å². The van der Waals surface area contributed by atoms with Gasteiger partial charge in [0.2, 0.25) is 0 Å². The van der Waals surface area contributed by atoms with Crippen LogP contribution in [0.1, 0.15) is 28.8 Å². The number of nitrogens with one attached hydrogen (secondary N) is 1. The van der Waals surface area contributed by atoms with Gasteiger partial charge in [-0.2, -0.15) is 0 Å². The highest BCUT2D eigenvalue weighted by molar-refractivity contribution is 5.96. The third kappa shape index (κ3) is 6.47. The predicted molar refractivity (Wildman–Crippen MR) is 100.0 cm³/mol. The number of anilines is 1. The lowest BCUT2D eigenvalue weighted by atomic mass is 10.0. The standard InChI is InChI=1S/C20H22N2O5/c1-26-19(24)17(10-11-18(23)15-7-3-2-4-8-15)22-20(25)27-13-14-6-5-9-16(21)12-14/h2-9,12,17H,10-11,13,21H2,1H3,(H,22,25). The summed E-state index contributed by atoms with van der Waals surface area (Å²) in [5, 5.41) is 2.44. The number of nitrogen functional groups attached to an aromatic ring is 1. The fraction of sp³-hybridized carbons (Fsp3) is 0.250. The van der Waals surface area contributed by atoms with E-state index in [9.17, 15) is 14.4 Å². The number of alkyl carbamates (subject to hydrolysis) is 1. The molecule has 0 saturated carbocycles. The Kier molecular flexibility index (Phi) is 7.37. The quantitative estimate of drug-likeness (QED) is 0.420. The molecule has 0 spiro atoms. The molecule has 2 rings (SSSR count). The van der Waals surface area contributed by atoms with Gasteiger partial charge >= 0.3 is 12.1 Å². The first-order valence-electron chi connectivity index (χ1n) is 8.43. The van der Waals surface area contributed by atoms with Crippen molar-refractivity contribution in [1.29, 1.82) is 0 Å². The van der Waals surface area contributed by atoms with Gasteiger partial charge in [-0.25, -0.2) is 9.59 Å². The van der Waals surface area contributed by atoms with E-state index >= 15 is 0 Å². The van der Waals surface area contributed by atoms with E-state index in [4.69, 9.17) is 15.2 Å². The molecule has 0 aliphatic heterocycles. The number of carbonyl (C=O) groups excluding carboxylic acids is 3. The van der Waals surface area contributed by atoms with Gasteiger partial charge in [0.15, 0.2) is 5.78 Å². The smallest absolute Gasteiger partial charge is 0.408 e. The highest BCUT2D eigenvalue weighted by Gasteiger charge is 2.23. The van der Waals surface area contributed by atoms with Crippen molar-refractivity contribution in [2.45, 2.75) is 25.5 Å². The van der Waals surface area contributed by atoms with Crippen molar-refractivity contribution in [3.63, 3.8) is 0 Å². The van der Waals surface area contributed by atoms with E-state index in [0.717, 1.165) is 5.56 Å². The Morgan fingerprint density at radius 2 is 1.81 bits per heavy atom. The first-order valence-corrected chi connectivity index (χ1v) is 8.43. The molecule has 0 aromatic heterocycles. The minimum absolute atomic E-state index is 0.00765. The van der Waals surface area contributed by atoms with Gasteiger partial charge in [-0.15, -0.1) is 0 Å². The summed E-state index contributed by atoms with van der Waals surface area (Å²) < 4.78 is 9.79. The lowest BCUT2D eigenvalue weighted by Gasteiger charge is -2.16. The van der Waals surface area contributed by atoms with Gasteiger partial charge in [-0.1, -0.05) is 42.5 Å². The molecule has 7 nitrogen and oxygen atoms in total. The van der Waals surface area contributed by atoms with Crippen LogP contribution in [0.4, 0.5) is 10.5 Å². The number of nitrogens with two attached hydrogens (primary N) is 1. The number of hydrogen-bond acceptors (Lipinski definition) is 6. The van der Waals surface area contributed by atoms with E-state index in [1.54, 1.807) is 48.5 Å². The Balaban J connectivity index is 1.88. The maximum absolute atomic E-state index is 12.2. The maximum Gasteiger partial charge on any atom is 0.408 e. The number of amides is 1. The van der Waals surface area contributed by atoms with Crippen LogP contribution in [0.2, 0.25) is 0 Å². The zero-order chi connectivity index (χ0) is 19.6. The van der Waals surface area contributed by atoms with Crippen molar-refractivity contribution in [3.8, 4) is 0 Å². The zero-order valence-corrected chi connectivity index (χ0v) is 15.0. The Morgan fingerprint density at radius 3 is 2.48 bits per heavy atom. The van der Waals surface area contributed by atoms with Crippen molar-refractivity contribution >= 4 is 23.5 Å². The molecule has 0 bridgehead atoms. The molecule has 0 fully saturated rings. The summed E-state index contributed by atoms with van der Waals surface area (Å²) in [5.74, 6) is -0.767. The minimum Gasteiger partial charge on any atom is -0.467 e. The Morgan fingerprint density at radius 1 is 1.07 bits per heavy atom. The fourth-order valence-corrected chi connectivity index (χ4v) is 2.45. The third-order valence-electron chi connectivity index (χ3n) is 3.85. The molecule has 2 aromatic rings. The van der Waals surface area contributed by atoms with Crippen LogP contribution < -0.4 is 11.1 Å². The average Bonchev–Trinajstić information content (AvgIpc) is 2.69. The Bertz CT molecular complexity index is 792. The number of ketones is 1. The molecule has 1 unspecified atom stereocenters. The molecule has 0 aliphatic rings. The molecule has 0 aliphatic carbocycles. The molecular weight excluding hydrogens is 348 g/mol. The van der Waals surface area contributed by atoms with Crippen LogP contribution in [0.5, 0.6) is 0 Å². The fourth-order valence-electron chi connectivity index (χ4n) is 2.45. The van der Waals surface area contributed by atoms with E-state index in [0.29, 0.717) is 11.3 Å². The lowest BCUT2D eigenvalue weighted by molar-refractivity contribution is -0.143. The number of methoxy groups -OCH3 is 1. The number of rotatable bonds is 8. The van der Waals surface area contributed by atoms with Crippen LogP contribution in [-0.2, 0) is 20.9 Å². The number of benzene rings is 2. The van der Waals surface area contributed by atoms with Crippen molar-refractivity contribution < 1.29 is 23.9 Å². The highest BCUT2D eigenvalue weighted by atomic mass is 16.6. The van der Waals surface area contributed by atoms with Crippen molar-refractivity contribution in [3.05, 3.63) is 65.7 Å². The normalized spacial score (nSPS) is 11.3. The van der Waals surface area contributed by atoms with Crippen LogP contribution >= 0.6 is 0 Å². The van der Waals surface area contributed by atoms with Crippen LogP contribution in [0.15, 0.2) is 54.6 Å². The van der Waals surface area contributed by atoms with Gasteiger partial charge in [0.05, 0.1) is 7.11 Å². The van der Waals surface area contributed by atoms with Gasteiger partial charge in [0.1, 0.15) is 12.6 Å². The second-order valence-corrected chi connectivity index (χ2v) is 5.87. The molecule has 1 atom stereocenters. The molecule has 142 valence electrons. The molecule has 2 aromatic carbocycles. The Labute approximate surface area is 157 Å². The van der Waals surface area contributed by atoms with E-state index in [2.05, 4.69) is 5.32 Å². The topological polar surface area (TPSA) is 108 Å². The molecule has 7 heteroatoms. The molecule has 0 radical (unpaired) electrons. The zero-order valence-electron chi connectivity index (χ0n) is 15.0. The second-order valence-electron chi connectivity index (χ2n) is 5.87. The third-order valence-corrected chi connectivity index (χ3v) is 3.85. The average molecular weight is 370 g/mol. The van der Waals surface area contributed by atoms with E-state index < -0.39 is 18.1 Å². The monoisotopic (exact) mass is 370 g/mol. The summed E-state index contributed by atoms with van der Waals surface area (Å²) in [6.45, 7) is 0.00765. The van der Waals surface area contributed by atoms with Gasteiger partial charge in [0.25, 0.3) is 0 Å². The van der Waals surface area contributed by atoms with Crippen LogP contribution in [0.3, 0.4) is 0 Å². The molecule has 3 N–H and O–H groups in total. The van der Waals surface area contributed by atoms with Crippen molar-refractivity contribution in [2.24, 2.45) is 0 Å². The number of hydrogen-bond donors (Lipinski definition) is 2. The summed E-state index contributed by atoms with van der Waals surface area (Å²) in [7, 11) is 1.22. The summed E-state index contributed by atoms with van der Waals surface area (Å²) in [5.41, 5.74) is 7.50. The van der Waals surface area contributed by atoms with Crippen LogP contribution in [-0.4, -0.2) is 31.0 Å². The first-order chi connectivity index (χ1) is 13.0. The Hall–Kier alpha value is -3.35. The van der Waals surface area contributed by atoms with Crippen molar-refractivity contribution in [2.75, 3.05) is 12.8 Å². The van der Waals surface area contributed by atoms with Gasteiger partial charge in [0, 0.05) is 17.7 Å². The molecule has 0 heterocycles. The number of esters is 1. The number of Topliss-reactive ketones (excluding diaryl/α,β-unsaturated/α-hetero) is 1. The van der Waals surface area contributed by atoms with Gasteiger partial charge in [-0.05, 0) is 24.1 Å². The molecule has 0 saturated heterocycles. The summed E-state index contributed by atoms with van der Waals surface area (Å²) in [6.07, 6.45) is -0.590. The van der Waals surface area contributed by atoms with E-state index in [-0.39, 0.29) is 25.2 Å². The van der Waals surface area contributed by atoms with Crippen molar-refractivity contribution in [1.82, 2.24) is 5.32 Å². The molecular formula is C20H22N2O5. The molecule has 1 amide bonds. The van der Waals surface area contributed by atoms with Gasteiger partial charge < -0.3 is 20.5 Å². The largest absolute Gasteiger partial charge is 0.467 e. The number of ether oxygens (including phenoxy) is 2. The summed E-state index contributed by atoms with van der Waals surface area (Å²) >= 11 is 0. The van der Waals surface area contributed by atoms with E-state index in [1.165, 1.54) is 7.11 Å². The number of carbonyl (C=O) groups is 3. The van der Waals surface area contributed by atoms with Crippen LogP contribution in [0, 0.1) is 0 Å². The first kappa shape index (κ1) is 20.0. The minimum atomic E-state index is -0.976. The lowest BCUT2D eigenvalue weighted by Crippen LogP contribution is -2.42. The maximum atomic E-state index is 12.2. The predicted octanol–water partition coefficient (Wildman–Crippen LogP) is 2.70.